The summed E-state index contributed by atoms with van der Waals surface area (Å²) in [6.45, 7) is 2.95. The van der Waals surface area contributed by atoms with Crippen LogP contribution >= 0.6 is 11.3 Å². The van der Waals surface area contributed by atoms with Crippen molar-refractivity contribution < 1.29 is 0 Å². The molecule has 6 heteroatoms. The van der Waals surface area contributed by atoms with Crippen molar-refractivity contribution in [3.05, 3.63) is 36.5 Å². The lowest BCUT2D eigenvalue weighted by molar-refractivity contribution is 0.751. The van der Waals surface area contributed by atoms with E-state index in [-0.39, 0.29) is 6.04 Å². The fraction of sp³-hybridized carbons (Fsp3) is 0.312. The van der Waals surface area contributed by atoms with Gasteiger partial charge in [0.1, 0.15) is 0 Å². The van der Waals surface area contributed by atoms with Gasteiger partial charge >= 0.3 is 0 Å². The van der Waals surface area contributed by atoms with Gasteiger partial charge in [0.25, 0.3) is 0 Å². The summed E-state index contributed by atoms with van der Waals surface area (Å²) in [5, 5.41) is 13.3. The SMILES string of the molecule is CCCNC1=NC=CC(CC#N)N1c1nc2ccccc2s1. The van der Waals surface area contributed by atoms with E-state index in [1.807, 2.05) is 29.2 Å². The maximum Gasteiger partial charge on any atom is 0.205 e. The minimum atomic E-state index is -0.0394. The van der Waals surface area contributed by atoms with Gasteiger partial charge in [-0.1, -0.05) is 30.4 Å². The molecule has 1 aliphatic rings. The highest BCUT2D eigenvalue weighted by atomic mass is 32.1. The van der Waals surface area contributed by atoms with E-state index >= 15 is 0 Å². The zero-order valence-electron chi connectivity index (χ0n) is 12.4. The van der Waals surface area contributed by atoms with Gasteiger partial charge in [-0.25, -0.2) is 9.98 Å². The van der Waals surface area contributed by atoms with Crippen molar-refractivity contribution in [3.63, 3.8) is 0 Å². The highest BCUT2D eigenvalue weighted by Crippen LogP contribution is 2.31. The molecule has 1 aromatic carbocycles. The van der Waals surface area contributed by atoms with Crippen molar-refractivity contribution >= 4 is 32.6 Å². The van der Waals surface area contributed by atoms with E-state index < -0.39 is 0 Å². The van der Waals surface area contributed by atoms with Crippen molar-refractivity contribution in [1.82, 2.24) is 10.3 Å². The van der Waals surface area contributed by atoms with Crippen molar-refractivity contribution in [2.24, 2.45) is 4.99 Å². The number of anilines is 1. The van der Waals surface area contributed by atoms with Crippen LogP contribution in [-0.4, -0.2) is 23.5 Å². The summed E-state index contributed by atoms with van der Waals surface area (Å²) in [5.74, 6) is 0.767. The Balaban J connectivity index is 1.99. The van der Waals surface area contributed by atoms with Gasteiger partial charge in [0.05, 0.1) is 28.7 Å². The molecule has 2 aromatic rings. The van der Waals surface area contributed by atoms with Gasteiger partial charge in [0.15, 0.2) is 5.13 Å². The van der Waals surface area contributed by atoms with Crippen molar-refractivity contribution in [2.75, 3.05) is 11.4 Å². The number of guanidine groups is 1. The Morgan fingerprint density at radius 2 is 2.27 bits per heavy atom. The number of hydrogen-bond donors (Lipinski definition) is 1. The fourth-order valence-corrected chi connectivity index (χ4v) is 3.36. The van der Waals surface area contributed by atoms with Crippen LogP contribution in [-0.2, 0) is 0 Å². The molecule has 3 rings (SSSR count). The maximum absolute atomic E-state index is 9.10. The molecule has 1 aliphatic heterocycles. The lowest BCUT2D eigenvalue weighted by atomic mass is 10.2. The minimum absolute atomic E-state index is 0.0394. The maximum atomic E-state index is 9.10. The van der Waals surface area contributed by atoms with Crippen LogP contribution in [0.3, 0.4) is 0 Å². The first-order valence-electron chi connectivity index (χ1n) is 7.33. The minimum Gasteiger partial charge on any atom is -0.356 e. The van der Waals surface area contributed by atoms with E-state index in [1.165, 1.54) is 0 Å². The number of thiazole rings is 1. The molecule has 0 saturated heterocycles. The second kappa shape index (κ2) is 6.58. The van der Waals surface area contributed by atoms with Crippen molar-refractivity contribution in [1.29, 1.82) is 5.26 Å². The molecule has 1 aromatic heterocycles. The van der Waals surface area contributed by atoms with Gasteiger partial charge < -0.3 is 5.32 Å². The van der Waals surface area contributed by atoms with E-state index in [9.17, 15) is 0 Å². The Morgan fingerprint density at radius 3 is 3.05 bits per heavy atom. The van der Waals surface area contributed by atoms with Gasteiger partial charge in [-0.3, -0.25) is 4.90 Å². The molecule has 2 heterocycles. The lowest BCUT2D eigenvalue weighted by Crippen LogP contribution is -2.48. The molecule has 0 saturated carbocycles. The fourth-order valence-electron chi connectivity index (χ4n) is 2.33. The normalized spacial score (nSPS) is 17.4. The number of para-hydroxylation sites is 1. The van der Waals surface area contributed by atoms with Gasteiger partial charge in [-0.2, -0.15) is 5.26 Å². The first-order valence-corrected chi connectivity index (χ1v) is 8.15. The van der Waals surface area contributed by atoms with E-state index in [1.54, 1.807) is 17.5 Å². The number of nitriles is 1. The largest absolute Gasteiger partial charge is 0.356 e. The second-order valence-corrected chi connectivity index (χ2v) is 5.99. The topological polar surface area (TPSA) is 64.3 Å². The Kier molecular flexibility index (Phi) is 4.35. The van der Waals surface area contributed by atoms with Gasteiger partial charge in [-0.15, -0.1) is 0 Å². The Bertz CT molecular complexity index is 722. The summed E-state index contributed by atoms with van der Waals surface area (Å²) >= 11 is 1.62. The molecule has 0 radical (unpaired) electrons. The zero-order chi connectivity index (χ0) is 15.4. The van der Waals surface area contributed by atoms with Crippen molar-refractivity contribution in [2.45, 2.75) is 25.8 Å². The first-order chi connectivity index (χ1) is 10.8. The van der Waals surface area contributed by atoms with Gasteiger partial charge in [0, 0.05) is 12.7 Å². The van der Waals surface area contributed by atoms with Crippen molar-refractivity contribution in [3.8, 4) is 6.07 Å². The summed E-state index contributed by atoms with van der Waals surface area (Å²) in [5.41, 5.74) is 0.975. The number of aliphatic imine (C=N–C) groups is 1. The van der Waals surface area contributed by atoms with E-state index in [0.29, 0.717) is 6.42 Å². The van der Waals surface area contributed by atoms with Crippen LogP contribution in [0.2, 0.25) is 0 Å². The van der Waals surface area contributed by atoms with Crippen LogP contribution in [0.1, 0.15) is 19.8 Å². The average molecular weight is 311 g/mol. The molecule has 5 nitrogen and oxygen atoms in total. The van der Waals surface area contributed by atoms with Crippen LogP contribution in [0.15, 0.2) is 41.5 Å². The summed E-state index contributed by atoms with van der Waals surface area (Å²) in [6, 6.07) is 10.3. The predicted octanol–water partition coefficient (Wildman–Crippen LogP) is 3.27. The number of nitrogens with one attached hydrogen (secondary N) is 1. The smallest absolute Gasteiger partial charge is 0.205 e. The third-order valence-electron chi connectivity index (χ3n) is 3.39. The zero-order valence-corrected chi connectivity index (χ0v) is 13.2. The molecule has 1 unspecified atom stereocenters. The monoisotopic (exact) mass is 311 g/mol. The van der Waals surface area contributed by atoms with Crippen LogP contribution in [0.25, 0.3) is 10.2 Å². The highest BCUT2D eigenvalue weighted by molar-refractivity contribution is 7.22. The molecule has 0 amide bonds. The summed E-state index contributed by atoms with van der Waals surface area (Å²) in [7, 11) is 0. The van der Waals surface area contributed by atoms with E-state index in [2.05, 4.69) is 29.4 Å². The average Bonchev–Trinajstić information content (AvgIpc) is 2.96. The Labute approximate surface area is 133 Å². The van der Waals surface area contributed by atoms with Crippen LogP contribution in [0.4, 0.5) is 5.13 Å². The second-order valence-electron chi connectivity index (χ2n) is 4.98. The third kappa shape index (κ3) is 2.81. The van der Waals surface area contributed by atoms with Gasteiger partial charge in [-0.05, 0) is 24.6 Å². The summed E-state index contributed by atoms with van der Waals surface area (Å²) in [6.07, 6.45) is 5.13. The quantitative estimate of drug-likeness (QED) is 0.941. The molecular weight excluding hydrogens is 294 g/mol. The molecule has 0 fully saturated rings. The Hall–Kier alpha value is -2.39. The molecule has 112 valence electrons. The molecule has 0 spiro atoms. The summed E-state index contributed by atoms with van der Waals surface area (Å²) in [4.78, 5) is 11.2. The van der Waals surface area contributed by atoms with E-state index in [4.69, 9.17) is 10.2 Å². The molecule has 1 N–H and O–H groups in total. The van der Waals surface area contributed by atoms with Gasteiger partial charge in [0.2, 0.25) is 5.96 Å². The molecule has 0 aliphatic carbocycles. The molecule has 22 heavy (non-hydrogen) atoms. The first kappa shape index (κ1) is 14.5. The molecule has 0 bridgehead atoms. The van der Waals surface area contributed by atoms with E-state index in [0.717, 1.165) is 34.3 Å². The van der Waals surface area contributed by atoms with Crippen LogP contribution < -0.4 is 10.2 Å². The highest BCUT2D eigenvalue weighted by Gasteiger charge is 2.26. The van der Waals surface area contributed by atoms with Crippen LogP contribution in [0.5, 0.6) is 0 Å². The number of nitrogens with zero attached hydrogens (tertiary/aromatic N) is 4. The number of benzene rings is 1. The summed E-state index contributed by atoms with van der Waals surface area (Å²) < 4.78 is 1.14. The van der Waals surface area contributed by atoms with Crippen LogP contribution in [0, 0.1) is 11.3 Å². The predicted molar refractivity (Wildman–Crippen MR) is 91.0 cm³/mol. The number of fused-ring (bicyclic) bond motifs is 1. The molecule has 1 atom stereocenters. The lowest BCUT2D eigenvalue weighted by Gasteiger charge is -2.31. The number of rotatable bonds is 4. The molecular formula is C16H17N5S. The third-order valence-corrected chi connectivity index (χ3v) is 4.42. The standard InChI is InChI=1S/C16H17N5S/c1-2-10-18-15-19-11-8-12(7-9-17)21(15)16-20-13-5-3-4-6-14(13)22-16/h3-6,8,11-12H,2,7,10H2,1H3,(H,18,19). The Morgan fingerprint density at radius 1 is 1.41 bits per heavy atom. The number of hydrogen-bond acceptors (Lipinski definition) is 6. The number of aromatic nitrogens is 1.